The molecule has 292 valence electrons. The van der Waals surface area contributed by atoms with E-state index in [1.165, 1.54) is 92.4 Å². The molecule has 13 rings (SSSR count). The third-order valence-electron chi connectivity index (χ3n) is 13.6. The van der Waals surface area contributed by atoms with E-state index in [1.807, 2.05) is 0 Å². The summed E-state index contributed by atoms with van der Waals surface area (Å²) in [6.45, 7) is 13.9. The van der Waals surface area contributed by atoms with E-state index in [4.69, 9.17) is 4.98 Å². The standard InChI is InChI=1S/C57H44N4/c1-56(2,3)35-25-26-46-41(29-35)42-27-33-17-13-15-23-39(33)50-44-32-47-51(58-55(44)61(46)53(42)50)45-31-36(57(4,5)6)30-43-49-40-24-16-14-18-34(40)28-48(54(49)60(47)52(43)45)59(37-19-9-7-10-20-37)38-21-11-8-12-22-38/h7-32H,1-6H3. The summed E-state index contributed by atoms with van der Waals surface area (Å²) >= 11 is 0. The molecule has 0 saturated heterocycles. The van der Waals surface area contributed by atoms with E-state index in [0.717, 1.165) is 33.7 Å². The largest absolute Gasteiger partial charge is 0.308 e. The molecule has 0 atom stereocenters. The summed E-state index contributed by atoms with van der Waals surface area (Å²) in [7, 11) is 0. The predicted octanol–water partition coefficient (Wildman–Crippen LogP) is 15.8. The molecule has 0 aliphatic heterocycles. The SMILES string of the molecule is CC(C)(C)c1ccc2c(c1)c1cc3ccccc3c3c4cc5c(nc4n2c13)c1cc(C(C)(C)C)cc2c3c4ccccc4cc(N(c4ccccc4)c4ccccc4)c3n5c12. The molecule has 0 aliphatic carbocycles. The lowest BCUT2D eigenvalue weighted by atomic mass is 9.85. The Bertz CT molecular complexity index is 3890. The van der Waals surface area contributed by atoms with Gasteiger partial charge < -0.3 is 9.30 Å². The van der Waals surface area contributed by atoms with E-state index in [0.29, 0.717) is 0 Å². The minimum Gasteiger partial charge on any atom is -0.308 e. The van der Waals surface area contributed by atoms with E-state index < -0.39 is 0 Å². The van der Waals surface area contributed by atoms with Crippen molar-refractivity contribution in [1.29, 1.82) is 0 Å². The fourth-order valence-electron chi connectivity index (χ4n) is 10.6. The van der Waals surface area contributed by atoms with Crippen molar-refractivity contribution >= 4 is 115 Å². The summed E-state index contributed by atoms with van der Waals surface area (Å²) in [4.78, 5) is 8.34. The first-order chi connectivity index (χ1) is 29.5. The zero-order valence-corrected chi connectivity index (χ0v) is 35.3. The molecule has 61 heavy (non-hydrogen) atoms. The van der Waals surface area contributed by atoms with Gasteiger partial charge in [0.05, 0.1) is 38.8 Å². The zero-order valence-electron chi connectivity index (χ0n) is 35.3. The van der Waals surface area contributed by atoms with Crippen LogP contribution in [0.2, 0.25) is 0 Å². The maximum absolute atomic E-state index is 5.90. The second-order valence-corrected chi connectivity index (χ2v) is 19.3. The van der Waals surface area contributed by atoms with Crippen molar-refractivity contribution < 1.29 is 0 Å². The van der Waals surface area contributed by atoms with E-state index in [2.05, 4.69) is 213 Å². The molecule has 5 aromatic heterocycles. The van der Waals surface area contributed by atoms with Crippen LogP contribution in [0, 0.1) is 0 Å². The molecule has 0 fully saturated rings. The summed E-state index contributed by atoms with van der Waals surface area (Å²) in [5.41, 5.74) is 14.0. The molecule has 0 bridgehead atoms. The van der Waals surface area contributed by atoms with Gasteiger partial charge in [-0.3, -0.25) is 4.40 Å². The number of nitrogens with zero attached hydrogens (tertiary/aromatic N) is 4. The number of para-hydroxylation sites is 2. The molecule has 0 N–H and O–H groups in total. The highest BCUT2D eigenvalue weighted by Crippen LogP contribution is 2.51. The molecule has 13 aromatic rings. The normalized spacial score (nSPS) is 13.1. The van der Waals surface area contributed by atoms with Crippen molar-refractivity contribution in [2.24, 2.45) is 0 Å². The Morgan fingerprint density at radius 2 is 0.984 bits per heavy atom. The fourth-order valence-corrected chi connectivity index (χ4v) is 10.6. The number of hydrogen-bond acceptors (Lipinski definition) is 2. The van der Waals surface area contributed by atoms with Gasteiger partial charge >= 0.3 is 0 Å². The van der Waals surface area contributed by atoms with Gasteiger partial charge in [0.15, 0.2) is 0 Å². The van der Waals surface area contributed by atoms with Crippen molar-refractivity contribution in [2.45, 2.75) is 52.4 Å². The Kier molecular flexibility index (Phi) is 6.69. The maximum Gasteiger partial charge on any atom is 0.146 e. The Labute approximate surface area is 353 Å². The number of fused-ring (bicyclic) bond motifs is 16. The lowest BCUT2D eigenvalue weighted by molar-refractivity contribution is 0.591. The van der Waals surface area contributed by atoms with Crippen molar-refractivity contribution in [3.05, 3.63) is 169 Å². The lowest BCUT2D eigenvalue weighted by Crippen LogP contribution is -2.11. The van der Waals surface area contributed by atoms with Crippen LogP contribution in [0.15, 0.2) is 158 Å². The van der Waals surface area contributed by atoms with Gasteiger partial charge in [0.1, 0.15) is 5.65 Å². The van der Waals surface area contributed by atoms with Gasteiger partial charge in [0.2, 0.25) is 0 Å². The highest BCUT2D eigenvalue weighted by Gasteiger charge is 2.30. The average Bonchev–Trinajstić information content (AvgIpc) is 3.98. The second kappa shape index (κ2) is 11.8. The Morgan fingerprint density at radius 1 is 0.410 bits per heavy atom. The van der Waals surface area contributed by atoms with Crippen LogP contribution in [-0.2, 0) is 10.8 Å². The van der Waals surface area contributed by atoms with Crippen LogP contribution in [0.25, 0.3) is 98.0 Å². The third kappa shape index (κ3) is 4.62. The van der Waals surface area contributed by atoms with E-state index in [9.17, 15) is 0 Å². The first-order valence-electron chi connectivity index (χ1n) is 21.6. The Morgan fingerprint density at radius 3 is 1.64 bits per heavy atom. The quantitative estimate of drug-likeness (QED) is 0.178. The smallest absolute Gasteiger partial charge is 0.146 e. The average molecular weight is 785 g/mol. The molecule has 0 unspecified atom stereocenters. The first-order valence-corrected chi connectivity index (χ1v) is 21.6. The third-order valence-corrected chi connectivity index (χ3v) is 13.6. The molecule has 0 aliphatic rings. The highest BCUT2D eigenvalue weighted by molar-refractivity contribution is 6.34. The Hall–Kier alpha value is -7.17. The van der Waals surface area contributed by atoms with Gasteiger partial charge in [0.25, 0.3) is 0 Å². The highest BCUT2D eigenvalue weighted by atomic mass is 15.2. The second-order valence-electron chi connectivity index (χ2n) is 19.3. The monoisotopic (exact) mass is 784 g/mol. The molecule has 4 nitrogen and oxygen atoms in total. The molecular weight excluding hydrogens is 741 g/mol. The van der Waals surface area contributed by atoms with Gasteiger partial charge in [0, 0.05) is 49.1 Å². The minimum absolute atomic E-state index is 0.0316. The topological polar surface area (TPSA) is 24.9 Å². The molecule has 0 amide bonds. The molecule has 4 heteroatoms. The summed E-state index contributed by atoms with van der Waals surface area (Å²) in [5.74, 6) is 0. The zero-order chi connectivity index (χ0) is 41.1. The van der Waals surface area contributed by atoms with Gasteiger partial charge in [-0.15, -0.1) is 0 Å². The van der Waals surface area contributed by atoms with Gasteiger partial charge in [-0.25, -0.2) is 4.98 Å². The van der Waals surface area contributed by atoms with Crippen LogP contribution < -0.4 is 4.90 Å². The van der Waals surface area contributed by atoms with Crippen LogP contribution in [0.4, 0.5) is 17.1 Å². The maximum atomic E-state index is 5.90. The summed E-state index contributed by atoms with van der Waals surface area (Å²) in [5, 5.41) is 13.7. The molecule has 0 spiro atoms. The van der Waals surface area contributed by atoms with Crippen LogP contribution >= 0.6 is 0 Å². The van der Waals surface area contributed by atoms with Crippen LogP contribution in [0.5, 0.6) is 0 Å². The first kappa shape index (κ1) is 34.7. The van der Waals surface area contributed by atoms with Crippen molar-refractivity contribution in [3.8, 4) is 0 Å². The number of pyridine rings is 1. The van der Waals surface area contributed by atoms with Crippen molar-refractivity contribution in [1.82, 2.24) is 13.8 Å². The fraction of sp³-hybridized carbons (Fsp3) is 0.140. The number of anilines is 3. The molecule has 0 radical (unpaired) electrons. The molecule has 0 saturated carbocycles. The number of aromatic nitrogens is 3. The molecule has 5 heterocycles. The predicted molar refractivity (Wildman–Crippen MR) is 261 cm³/mol. The van der Waals surface area contributed by atoms with Crippen LogP contribution in [0.3, 0.4) is 0 Å². The van der Waals surface area contributed by atoms with Gasteiger partial charge in [-0.1, -0.05) is 133 Å². The molecule has 8 aromatic carbocycles. The Balaban J connectivity index is 1.28. The minimum atomic E-state index is -0.0885. The van der Waals surface area contributed by atoms with E-state index >= 15 is 0 Å². The molecular formula is C57H44N4. The summed E-state index contributed by atoms with van der Waals surface area (Å²) in [6.07, 6.45) is 0. The van der Waals surface area contributed by atoms with Gasteiger partial charge in [-0.2, -0.15) is 0 Å². The number of rotatable bonds is 3. The number of hydrogen-bond donors (Lipinski definition) is 0. The van der Waals surface area contributed by atoms with E-state index in [-0.39, 0.29) is 10.8 Å². The lowest BCUT2D eigenvalue weighted by Gasteiger charge is -2.27. The van der Waals surface area contributed by atoms with Crippen molar-refractivity contribution in [3.63, 3.8) is 0 Å². The van der Waals surface area contributed by atoms with Crippen molar-refractivity contribution in [2.75, 3.05) is 4.90 Å². The summed E-state index contributed by atoms with van der Waals surface area (Å²) < 4.78 is 5.04. The van der Waals surface area contributed by atoms with Crippen LogP contribution in [0.1, 0.15) is 52.7 Å². The van der Waals surface area contributed by atoms with Crippen LogP contribution in [-0.4, -0.2) is 13.8 Å². The summed E-state index contributed by atoms with van der Waals surface area (Å²) in [6, 6.07) is 58.8. The number of benzene rings is 8. The van der Waals surface area contributed by atoms with E-state index in [1.54, 1.807) is 0 Å². The van der Waals surface area contributed by atoms with Gasteiger partial charge in [-0.05, 0) is 110 Å².